The van der Waals surface area contributed by atoms with Crippen molar-refractivity contribution in [2.45, 2.75) is 38.9 Å². The van der Waals surface area contributed by atoms with Gasteiger partial charge in [0.25, 0.3) is 0 Å². The predicted molar refractivity (Wildman–Crippen MR) is 95.3 cm³/mol. The second-order valence-corrected chi connectivity index (χ2v) is 6.67. The quantitative estimate of drug-likeness (QED) is 0.449. The Labute approximate surface area is 142 Å². The van der Waals surface area contributed by atoms with Crippen molar-refractivity contribution in [2.75, 3.05) is 7.11 Å². The molecule has 1 aliphatic heterocycles. The Morgan fingerprint density at radius 2 is 1.79 bits per heavy atom. The molecule has 1 aliphatic rings. The van der Waals surface area contributed by atoms with E-state index >= 15 is 0 Å². The van der Waals surface area contributed by atoms with Crippen LogP contribution in [0.15, 0.2) is 24.3 Å². The second kappa shape index (κ2) is 6.41. The van der Waals surface area contributed by atoms with Gasteiger partial charge in [0.15, 0.2) is 0 Å². The van der Waals surface area contributed by atoms with Crippen LogP contribution in [0.5, 0.6) is 5.75 Å². The summed E-state index contributed by atoms with van der Waals surface area (Å²) in [7, 11) is 0.730. The van der Waals surface area contributed by atoms with Gasteiger partial charge in [-0.2, -0.15) is 0 Å². The van der Waals surface area contributed by atoms with E-state index in [1.54, 1.807) is 12.1 Å². The highest BCUT2D eigenvalue weighted by Crippen LogP contribution is 2.37. The minimum Gasteiger partial charge on any atom is -0.508 e. The molecule has 1 saturated heterocycles. The second-order valence-electron chi connectivity index (χ2n) is 6.67. The lowest BCUT2D eigenvalue weighted by Crippen LogP contribution is -2.41. The topological polar surface area (TPSA) is 95.6 Å². The number of phenols is 1. The Kier molecular flexibility index (Phi) is 4.87. The van der Waals surface area contributed by atoms with Crippen LogP contribution in [0.2, 0.25) is 0 Å². The Bertz CT molecular complexity index is 682. The predicted octanol–water partition coefficient (Wildman–Crippen LogP) is 2.35. The molecule has 1 aromatic rings. The van der Waals surface area contributed by atoms with Crippen LogP contribution >= 0.6 is 0 Å². The summed E-state index contributed by atoms with van der Waals surface area (Å²) in [5.74, 6) is -0.0503. The van der Waals surface area contributed by atoms with E-state index in [1.165, 1.54) is 19.3 Å². The van der Waals surface area contributed by atoms with Crippen LogP contribution in [0, 0.1) is 10.8 Å². The Balaban J connectivity index is 2.33. The molecule has 1 aromatic carbocycles. The number of aromatic hydroxyl groups is 1. The highest BCUT2D eigenvalue weighted by atomic mass is 16.7. The van der Waals surface area contributed by atoms with Gasteiger partial charge in [0.05, 0.1) is 18.3 Å². The average molecular weight is 330 g/mol. The fourth-order valence-corrected chi connectivity index (χ4v) is 2.30. The van der Waals surface area contributed by atoms with E-state index in [9.17, 15) is 5.11 Å². The zero-order valence-electron chi connectivity index (χ0n) is 14.6. The summed E-state index contributed by atoms with van der Waals surface area (Å²) in [4.78, 5) is 0. The standard InChI is InChI=1S/C17H23BN2O4/c1-16(2)17(3,4)24-18(23-16)13-7-6-11(8-14(13)21)12(10-19)9-15(20)22-5/h6-10,19-21H,1-5H3/b12-9+,19-10?,20-15?. The van der Waals surface area contributed by atoms with E-state index in [4.69, 9.17) is 24.9 Å². The van der Waals surface area contributed by atoms with E-state index < -0.39 is 18.3 Å². The molecule has 1 fully saturated rings. The van der Waals surface area contributed by atoms with Crippen LogP contribution < -0.4 is 5.46 Å². The van der Waals surface area contributed by atoms with Gasteiger partial charge < -0.3 is 24.6 Å². The van der Waals surface area contributed by atoms with Gasteiger partial charge in [0.2, 0.25) is 5.90 Å². The summed E-state index contributed by atoms with van der Waals surface area (Å²) >= 11 is 0. The Hall–Kier alpha value is -2.12. The number of hydrogen-bond acceptors (Lipinski definition) is 6. The van der Waals surface area contributed by atoms with Crippen molar-refractivity contribution < 1.29 is 19.2 Å². The maximum Gasteiger partial charge on any atom is 0.498 e. The molecule has 0 aromatic heterocycles. The molecule has 0 unspecified atom stereocenters. The number of methoxy groups -OCH3 is 1. The minimum atomic E-state index is -0.659. The lowest BCUT2D eigenvalue weighted by atomic mass is 9.77. The third-order valence-electron chi connectivity index (χ3n) is 4.53. The molecule has 6 nitrogen and oxygen atoms in total. The molecule has 0 amide bonds. The lowest BCUT2D eigenvalue weighted by Gasteiger charge is -2.32. The van der Waals surface area contributed by atoms with E-state index in [2.05, 4.69) is 0 Å². The Morgan fingerprint density at radius 3 is 2.25 bits per heavy atom. The van der Waals surface area contributed by atoms with Crippen molar-refractivity contribution in [3.05, 3.63) is 29.8 Å². The fourth-order valence-electron chi connectivity index (χ4n) is 2.30. The van der Waals surface area contributed by atoms with Crippen LogP contribution in [0.4, 0.5) is 0 Å². The summed E-state index contributed by atoms with van der Waals surface area (Å²) in [6, 6.07) is 4.99. The smallest absolute Gasteiger partial charge is 0.498 e. The van der Waals surface area contributed by atoms with Gasteiger partial charge in [-0.05, 0) is 39.3 Å². The molecule has 1 heterocycles. The third kappa shape index (κ3) is 3.37. The molecule has 3 N–H and O–H groups in total. The van der Waals surface area contributed by atoms with E-state index in [1.807, 2.05) is 27.7 Å². The lowest BCUT2D eigenvalue weighted by molar-refractivity contribution is 0.00578. The molecular formula is C17H23BN2O4. The molecule has 7 heteroatoms. The van der Waals surface area contributed by atoms with Crippen molar-refractivity contribution in [1.82, 2.24) is 0 Å². The maximum absolute atomic E-state index is 10.4. The van der Waals surface area contributed by atoms with Crippen LogP contribution in [0.3, 0.4) is 0 Å². The van der Waals surface area contributed by atoms with Gasteiger partial charge in [-0.1, -0.05) is 12.1 Å². The molecule has 0 aliphatic carbocycles. The first-order valence-electron chi connectivity index (χ1n) is 7.65. The van der Waals surface area contributed by atoms with Gasteiger partial charge in [-0.25, -0.2) is 0 Å². The Morgan fingerprint density at radius 1 is 1.21 bits per heavy atom. The van der Waals surface area contributed by atoms with Crippen LogP contribution in [-0.4, -0.2) is 42.6 Å². The molecule has 0 radical (unpaired) electrons. The zero-order valence-corrected chi connectivity index (χ0v) is 14.6. The van der Waals surface area contributed by atoms with Crippen LogP contribution in [-0.2, 0) is 14.0 Å². The first-order valence-corrected chi connectivity index (χ1v) is 7.65. The number of hydrogen-bond donors (Lipinski definition) is 3. The van der Waals surface area contributed by atoms with Crippen LogP contribution in [0.25, 0.3) is 5.57 Å². The zero-order chi connectivity index (χ0) is 18.1. The van der Waals surface area contributed by atoms with Crippen molar-refractivity contribution in [2.24, 2.45) is 0 Å². The van der Waals surface area contributed by atoms with E-state index in [-0.39, 0.29) is 11.6 Å². The summed E-state index contributed by atoms with van der Waals surface area (Å²) < 4.78 is 16.7. The molecule has 0 bridgehead atoms. The molecule has 0 atom stereocenters. The summed E-state index contributed by atoms with van der Waals surface area (Å²) in [6.45, 7) is 7.80. The molecular weight excluding hydrogens is 307 g/mol. The monoisotopic (exact) mass is 330 g/mol. The molecule has 24 heavy (non-hydrogen) atoms. The maximum atomic E-state index is 10.4. The van der Waals surface area contributed by atoms with Gasteiger partial charge in [-0.15, -0.1) is 0 Å². The van der Waals surface area contributed by atoms with Crippen molar-refractivity contribution >= 4 is 30.3 Å². The first kappa shape index (κ1) is 18.2. The van der Waals surface area contributed by atoms with Gasteiger partial charge in [0.1, 0.15) is 5.75 Å². The normalized spacial score (nSPS) is 19.2. The summed E-state index contributed by atoms with van der Waals surface area (Å²) in [5, 5.41) is 25.4. The third-order valence-corrected chi connectivity index (χ3v) is 4.53. The number of nitrogens with one attached hydrogen (secondary N) is 2. The molecule has 0 saturated carbocycles. The van der Waals surface area contributed by atoms with E-state index in [0.29, 0.717) is 16.6 Å². The van der Waals surface area contributed by atoms with Crippen molar-refractivity contribution in [1.29, 1.82) is 10.8 Å². The fraction of sp³-hybridized carbons (Fsp3) is 0.412. The number of allylic oxidation sites excluding steroid dienone is 1. The summed E-state index contributed by atoms with van der Waals surface area (Å²) in [6.07, 6.45) is 2.52. The number of ether oxygens (including phenoxy) is 1. The minimum absolute atomic E-state index is 0.0164. The SMILES string of the molecule is COC(=N)/C=C(\C=N)c1ccc(B2OC(C)(C)C(C)(C)O2)c(O)c1. The van der Waals surface area contributed by atoms with Gasteiger partial charge in [-0.3, -0.25) is 5.41 Å². The van der Waals surface area contributed by atoms with E-state index in [0.717, 1.165) is 6.21 Å². The van der Waals surface area contributed by atoms with Crippen molar-refractivity contribution in [3.8, 4) is 5.75 Å². The van der Waals surface area contributed by atoms with Crippen LogP contribution in [0.1, 0.15) is 33.3 Å². The average Bonchev–Trinajstić information content (AvgIpc) is 2.72. The molecule has 128 valence electrons. The first-order chi connectivity index (χ1) is 11.1. The number of benzene rings is 1. The van der Waals surface area contributed by atoms with Gasteiger partial charge >= 0.3 is 7.12 Å². The summed E-state index contributed by atoms with van der Waals surface area (Å²) in [5.41, 5.74) is 0.609. The number of phenolic OH excluding ortho intramolecular Hbond substituents is 1. The van der Waals surface area contributed by atoms with Gasteiger partial charge in [0, 0.05) is 23.3 Å². The number of rotatable bonds is 4. The largest absolute Gasteiger partial charge is 0.508 e. The van der Waals surface area contributed by atoms with Crippen molar-refractivity contribution in [3.63, 3.8) is 0 Å². The highest BCUT2D eigenvalue weighted by Gasteiger charge is 2.52. The molecule has 0 spiro atoms. The highest BCUT2D eigenvalue weighted by molar-refractivity contribution is 6.63. The molecule has 2 rings (SSSR count).